The molecular weight excluding hydrogens is 284 g/mol. The van der Waals surface area contributed by atoms with Crippen molar-refractivity contribution in [1.29, 1.82) is 0 Å². The summed E-state index contributed by atoms with van der Waals surface area (Å²) in [6.45, 7) is 3.75. The molecule has 1 aliphatic heterocycles. The standard InChI is InChI=1S/C12H13BrN2O2/c1-7-3-4-9(5-10(7)13)15-6-11(16)14-8(2)12(15)17/h3-5,8H,6H2,1-2H3,(H,14,16). The molecule has 1 atom stereocenters. The first-order valence-electron chi connectivity index (χ1n) is 5.36. The Balaban J connectivity index is 2.34. The van der Waals surface area contributed by atoms with Crippen LogP contribution in [0, 0.1) is 6.92 Å². The summed E-state index contributed by atoms with van der Waals surface area (Å²) in [5.41, 5.74) is 1.84. The van der Waals surface area contributed by atoms with E-state index >= 15 is 0 Å². The summed E-state index contributed by atoms with van der Waals surface area (Å²) in [6.07, 6.45) is 0. The molecule has 0 bridgehead atoms. The highest BCUT2D eigenvalue weighted by Crippen LogP contribution is 2.24. The summed E-state index contributed by atoms with van der Waals surface area (Å²) in [4.78, 5) is 24.9. The maximum Gasteiger partial charge on any atom is 0.249 e. The minimum absolute atomic E-state index is 0.0820. The van der Waals surface area contributed by atoms with Crippen LogP contribution in [0.5, 0.6) is 0 Å². The number of carbonyl (C=O) groups is 2. The first-order valence-corrected chi connectivity index (χ1v) is 6.15. The van der Waals surface area contributed by atoms with Gasteiger partial charge >= 0.3 is 0 Å². The first-order chi connectivity index (χ1) is 7.99. The summed E-state index contributed by atoms with van der Waals surface area (Å²) in [5.74, 6) is -0.214. The van der Waals surface area contributed by atoms with E-state index in [1.54, 1.807) is 6.92 Å². The van der Waals surface area contributed by atoms with Gasteiger partial charge in [0.05, 0.1) is 0 Å². The van der Waals surface area contributed by atoms with E-state index in [1.807, 2.05) is 25.1 Å². The van der Waals surface area contributed by atoms with Gasteiger partial charge in [0, 0.05) is 10.2 Å². The fraction of sp³-hybridized carbons (Fsp3) is 0.333. The lowest BCUT2D eigenvalue weighted by Crippen LogP contribution is -2.57. The number of nitrogens with zero attached hydrogens (tertiary/aromatic N) is 1. The molecule has 1 aromatic rings. The topological polar surface area (TPSA) is 49.4 Å². The molecule has 1 heterocycles. The molecule has 1 aromatic carbocycles. The van der Waals surface area contributed by atoms with Crippen LogP contribution < -0.4 is 10.2 Å². The van der Waals surface area contributed by atoms with Gasteiger partial charge in [-0.2, -0.15) is 0 Å². The molecule has 0 aliphatic carbocycles. The first kappa shape index (κ1) is 12.1. The second-order valence-electron chi connectivity index (χ2n) is 4.15. The number of nitrogens with one attached hydrogen (secondary N) is 1. The predicted molar refractivity (Wildman–Crippen MR) is 68.8 cm³/mol. The third kappa shape index (κ3) is 2.34. The Hall–Kier alpha value is -1.36. The third-order valence-electron chi connectivity index (χ3n) is 2.78. The highest BCUT2D eigenvalue weighted by atomic mass is 79.9. The highest BCUT2D eigenvalue weighted by Gasteiger charge is 2.30. The fourth-order valence-electron chi connectivity index (χ4n) is 1.77. The van der Waals surface area contributed by atoms with Crippen LogP contribution in [0.25, 0.3) is 0 Å². The van der Waals surface area contributed by atoms with E-state index in [9.17, 15) is 9.59 Å². The molecule has 1 N–H and O–H groups in total. The van der Waals surface area contributed by atoms with Crippen molar-refractivity contribution in [2.45, 2.75) is 19.9 Å². The normalized spacial score (nSPS) is 20.4. The van der Waals surface area contributed by atoms with Gasteiger partial charge in [-0.15, -0.1) is 0 Å². The monoisotopic (exact) mass is 296 g/mol. The zero-order valence-corrected chi connectivity index (χ0v) is 11.2. The van der Waals surface area contributed by atoms with Crippen LogP contribution >= 0.6 is 15.9 Å². The molecule has 17 heavy (non-hydrogen) atoms. The van der Waals surface area contributed by atoms with Gasteiger partial charge < -0.3 is 10.2 Å². The van der Waals surface area contributed by atoms with Gasteiger partial charge in [-0.1, -0.05) is 22.0 Å². The van der Waals surface area contributed by atoms with Crippen LogP contribution in [0.3, 0.4) is 0 Å². The molecule has 2 amide bonds. The number of piperazine rings is 1. The summed E-state index contributed by atoms with van der Waals surface area (Å²) in [5, 5.41) is 2.61. The average Bonchev–Trinajstić information content (AvgIpc) is 2.27. The van der Waals surface area contributed by atoms with E-state index in [2.05, 4.69) is 21.2 Å². The number of benzene rings is 1. The van der Waals surface area contributed by atoms with E-state index in [0.29, 0.717) is 0 Å². The Labute approximate surface area is 108 Å². The molecule has 1 aliphatic rings. The molecule has 90 valence electrons. The summed E-state index contributed by atoms with van der Waals surface area (Å²) in [7, 11) is 0. The van der Waals surface area contributed by atoms with Crippen LogP contribution in [0.2, 0.25) is 0 Å². The van der Waals surface area contributed by atoms with Crippen molar-refractivity contribution in [2.75, 3.05) is 11.4 Å². The van der Waals surface area contributed by atoms with Crippen molar-refractivity contribution < 1.29 is 9.59 Å². The Morgan fingerprint density at radius 2 is 2.12 bits per heavy atom. The zero-order chi connectivity index (χ0) is 12.6. The van der Waals surface area contributed by atoms with Crippen LogP contribution in [0.15, 0.2) is 22.7 Å². The van der Waals surface area contributed by atoms with Gasteiger partial charge in [0.15, 0.2) is 0 Å². The number of rotatable bonds is 1. The van der Waals surface area contributed by atoms with E-state index in [4.69, 9.17) is 0 Å². The second kappa shape index (κ2) is 4.49. The Morgan fingerprint density at radius 1 is 1.41 bits per heavy atom. The van der Waals surface area contributed by atoms with Crippen molar-refractivity contribution in [3.63, 3.8) is 0 Å². The number of hydrogen-bond donors (Lipinski definition) is 1. The average molecular weight is 297 g/mol. The van der Waals surface area contributed by atoms with Crippen molar-refractivity contribution in [2.24, 2.45) is 0 Å². The lowest BCUT2D eigenvalue weighted by Gasteiger charge is -2.31. The minimum atomic E-state index is -0.462. The van der Waals surface area contributed by atoms with Crippen molar-refractivity contribution in [3.05, 3.63) is 28.2 Å². The largest absolute Gasteiger partial charge is 0.343 e. The van der Waals surface area contributed by atoms with Crippen molar-refractivity contribution >= 4 is 33.4 Å². The molecule has 2 rings (SSSR count). The zero-order valence-electron chi connectivity index (χ0n) is 9.66. The third-order valence-corrected chi connectivity index (χ3v) is 3.64. The second-order valence-corrected chi connectivity index (χ2v) is 5.00. The maximum atomic E-state index is 12.0. The molecule has 4 nitrogen and oxygen atoms in total. The number of hydrogen-bond acceptors (Lipinski definition) is 2. The quantitative estimate of drug-likeness (QED) is 0.856. The molecule has 0 spiro atoms. The SMILES string of the molecule is Cc1ccc(N2CC(=O)NC(C)C2=O)cc1Br. The molecular formula is C12H13BrN2O2. The predicted octanol–water partition coefficient (Wildman–Crippen LogP) is 1.61. The van der Waals surface area contributed by atoms with Gasteiger partial charge in [-0.3, -0.25) is 9.59 Å². The lowest BCUT2D eigenvalue weighted by molar-refractivity contribution is -0.130. The molecule has 0 aromatic heterocycles. The Morgan fingerprint density at radius 3 is 2.76 bits per heavy atom. The van der Waals surface area contributed by atoms with E-state index in [1.165, 1.54) is 4.90 Å². The van der Waals surface area contributed by atoms with E-state index in [0.717, 1.165) is 15.7 Å². The van der Waals surface area contributed by atoms with Crippen LogP contribution in [0.4, 0.5) is 5.69 Å². The molecule has 1 unspecified atom stereocenters. The number of aryl methyl sites for hydroxylation is 1. The van der Waals surface area contributed by atoms with Gasteiger partial charge in [0.1, 0.15) is 12.6 Å². The maximum absolute atomic E-state index is 12.0. The molecule has 0 radical (unpaired) electrons. The molecule has 1 fully saturated rings. The summed E-state index contributed by atoms with van der Waals surface area (Å²) >= 11 is 3.42. The van der Waals surface area contributed by atoms with Gasteiger partial charge in [-0.05, 0) is 31.5 Å². The molecule has 1 saturated heterocycles. The van der Waals surface area contributed by atoms with Crippen LogP contribution in [0.1, 0.15) is 12.5 Å². The highest BCUT2D eigenvalue weighted by molar-refractivity contribution is 9.10. The number of carbonyl (C=O) groups excluding carboxylic acids is 2. The summed E-state index contributed by atoms with van der Waals surface area (Å²) in [6, 6.07) is 5.17. The Kier molecular flexibility index (Phi) is 3.19. The molecule has 5 heteroatoms. The lowest BCUT2D eigenvalue weighted by atomic mass is 10.1. The van der Waals surface area contributed by atoms with Crippen molar-refractivity contribution in [1.82, 2.24) is 5.32 Å². The van der Waals surface area contributed by atoms with Crippen molar-refractivity contribution in [3.8, 4) is 0 Å². The number of amides is 2. The van der Waals surface area contributed by atoms with E-state index < -0.39 is 6.04 Å². The smallest absolute Gasteiger partial charge is 0.249 e. The van der Waals surface area contributed by atoms with Gasteiger partial charge in [0.2, 0.25) is 11.8 Å². The van der Waals surface area contributed by atoms with E-state index in [-0.39, 0.29) is 18.4 Å². The number of anilines is 1. The fourth-order valence-corrected chi connectivity index (χ4v) is 2.14. The van der Waals surface area contributed by atoms with Gasteiger partial charge in [0.25, 0.3) is 0 Å². The van der Waals surface area contributed by atoms with Crippen LogP contribution in [-0.2, 0) is 9.59 Å². The van der Waals surface area contributed by atoms with Crippen LogP contribution in [-0.4, -0.2) is 24.4 Å². The summed E-state index contributed by atoms with van der Waals surface area (Å²) < 4.78 is 0.932. The Bertz CT molecular complexity index is 487. The molecule has 0 saturated carbocycles. The number of halogens is 1. The van der Waals surface area contributed by atoms with Gasteiger partial charge in [-0.25, -0.2) is 0 Å². The minimum Gasteiger partial charge on any atom is -0.343 e.